The van der Waals surface area contributed by atoms with Gasteiger partial charge in [0.05, 0.1) is 12.2 Å². The molecule has 0 saturated carbocycles. The van der Waals surface area contributed by atoms with Gasteiger partial charge in [0.2, 0.25) is 5.91 Å². The van der Waals surface area contributed by atoms with Crippen molar-refractivity contribution in [3.8, 4) is 11.5 Å². The number of phenolic OH excluding ortho intramolecular Hbond substituents is 1. The minimum atomic E-state index is -0.284. The van der Waals surface area contributed by atoms with Crippen LogP contribution in [-0.2, 0) is 9.53 Å². The van der Waals surface area contributed by atoms with Gasteiger partial charge in [0.1, 0.15) is 24.7 Å². The number of anilines is 1. The summed E-state index contributed by atoms with van der Waals surface area (Å²) in [6.07, 6.45) is 0. The quantitative estimate of drug-likeness (QED) is 0.574. The number of rotatable bonds is 8. The van der Waals surface area contributed by atoms with E-state index in [9.17, 15) is 14.7 Å². The van der Waals surface area contributed by atoms with Crippen molar-refractivity contribution in [3.63, 3.8) is 0 Å². The number of carbonyl (C=O) groups is 2. The molecule has 0 spiro atoms. The van der Waals surface area contributed by atoms with E-state index in [0.29, 0.717) is 11.4 Å². The molecule has 2 aromatic rings. The van der Waals surface area contributed by atoms with Gasteiger partial charge >= 0.3 is 0 Å². The minimum absolute atomic E-state index is 0.0541. The average Bonchev–Trinajstić information content (AvgIpc) is 2.56. The van der Waals surface area contributed by atoms with Gasteiger partial charge in [0, 0.05) is 12.6 Å². The molecule has 0 aliphatic heterocycles. The van der Waals surface area contributed by atoms with Gasteiger partial charge in [-0.25, -0.2) is 0 Å². The Morgan fingerprint density at radius 2 is 1.75 bits per heavy atom. The van der Waals surface area contributed by atoms with Crippen molar-refractivity contribution >= 4 is 17.4 Å². The molecule has 0 bridgehead atoms. The molecule has 126 valence electrons. The third-order valence-corrected chi connectivity index (χ3v) is 3.11. The minimum Gasteiger partial charge on any atom is -0.507 e. The first-order chi connectivity index (χ1) is 11.6. The highest BCUT2D eigenvalue weighted by molar-refractivity contribution is 5.99. The molecular weight excluding hydrogens is 310 g/mol. The summed E-state index contributed by atoms with van der Waals surface area (Å²) >= 11 is 0. The van der Waals surface area contributed by atoms with Crippen molar-refractivity contribution in [2.24, 2.45) is 0 Å². The smallest absolute Gasteiger partial charge is 0.221 e. The van der Waals surface area contributed by atoms with Gasteiger partial charge in [-0.05, 0) is 36.4 Å². The number of ether oxygens (including phenoxy) is 2. The maximum absolute atomic E-state index is 11.9. The van der Waals surface area contributed by atoms with E-state index in [1.807, 2.05) is 0 Å². The summed E-state index contributed by atoms with van der Waals surface area (Å²) in [7, 11) is 0. The summed E-state index contributed by atoms with van der Waals surface area (Å²) in [5.41, 5.74) is 0.936. The lowest BCUT2D eigenvalue weighted by Crippen LogP contribution is -2.13. The highest BCUT2D eigenvalue weighted by atomic mass is 16.5. The predicted octanol–water partition coefficient (Wildman–Crippen LogP) is 2.63. The molecule has 0 fully saturated rings. The monoisotopic (exact) mass is 329 g/mol. The number of nitrogens with one attached hydrogen (secondary N) is 1. The van der Waals surface area contributed by atoms with Crippen LogP contribution in [0.4, 0.5) is 5.69 Å². The Morgan fingerprint density at radius 3 is 2.42 bits per heavy atom. The number of Topliss-reactive ketones (excluding diaryl/α,β-unsaturated/α-hetero) is 1. The zero-order valence-electron chi connectivity index (χ0n) is 13.3. The molecule has 6 nitrogen and oxygen atoms in total. The Morgan fingerprint density at radius 1 is 1.04 bits per heavy atom. The van der Waals surface area contributed by atoms with Gasteiger partial charge in [-0.2, -0.15) is 0 Å². The molecule has 0 atom stereocenters. The van der Waals surface area contributed by atoms with Crippen LogP contribution in [0, 0.1) is 0 Å². The first kappa shape index (κ1) is 17.5. The van der Waals surface area contributed by atoms with Crippen molar-refractivity contribution in [1.29, 1.82) is 0 Å². The number of phenols is 1. The summed E-state index contributed by atoms with van der Waals surface area (Å²) in [6.45, 7) is 1.85. The molecule has 0 heterocycles. The molecular formula is C18H19NO5. The molecule has 0 saturated heterocycles. The summed E-state index contributed by atoms with van der Waals surface area (Å²) in [5.74, 6) is 0.167. The van der Waals surface area contributed by atoms with Crippen LogP contribution in [0.25, 0.3) is 0 Å². The number of amides is 1. The molecule has 0 aliphatic carbocycles. The van der Waals surface area contributed by atoms with Crippen LogP contribution in [0.3, 0.4) is 0 Å². The highest BCUT2D eigenvalue weighted by Crippen LogP contribution is 2.17. The van der Waals surface area contributed by atoms with E-state index in [-0.39, 0.29) is 42.8 Å². The standard InChI is InChI=1S/C18H19NO5/c1-13(20)19-14-6-8-15(9-7-14)24-11-10-23-12-18(22)16-4-2-3-5-17(16)21/h2-9,21H,10-12H2,1H3,(H,19,20). The second-order valence-electron chi connectivity index (χ2n) is 5.05. The second kappa shape index (κ2) is 8.69. The van der Waals surface area contributed by atoms with Crippen molar-refractivity contribution in [3.05, 3.63) is 54.1 Å². The Kier molecular flexibility index (Phi) is 6.33. The molecule has 0 aromatic heterocycles. The van der Waals surface area contributed by atoms with Crippen molar-refractivity contribution < 1.29 is 24.2 Å². The van der Waals surface area contributed by atoms with Crippen LogP contribution < -0.4 is 10.1 Å². The van der Waals surface area contributed by atoms with Gasteiger partial charge in [0.25, 0.3) is 0 Å². The van der Waals surface area contributed by atoms with E-state index < -0.39 is 0 Å². The van der Waals surface area contributed by atoms with Gasteiger partial charge < -0.3 is 19.9 Å². The molecule has 2 N–H and O–H groups in total. The third kappa shape index (κ3) is 5.40. The van der Waals surface area contributed by atoms with E-state index in [4.69, 9.17) is 9.47 Å². The summed E-state index contributed by atoms with van der Waals surface area (Å²) < 4.78 is 10.7. The van der Waals surface area contributed by atoms with Gasteiger partial charge in [0.15, 0.2) is 5.78 Å². The zero-order valence-corrected chi connectivity index (χ0v) is 13.3. The number of ketones is 1. The molecule has 1 amide bonds. The summed E-state index contributed by atoms with van der Waals surface area (Å²) in [4.78, 5) is 22.8. The first-order valence-corrected chi connectivity index (χ1v) is 7.45. The van der Waals surface area contributed by atoms with E-state index in [0.717, 1.165) is 0 Å². The Labute approximate surface area is 140 Å². The van der Waals surface area contributed by atoms with Gasteiger partial charge in [-0.1, -0.05) is 12.1 Å². The van der Waals surface area contributed by atoms with Crippen molar-refractivity contribution in [2.75, 3.05) is 25.1 Å². The molecule has 2 aromatic carbocycles. The summed E-state index contributed by atoms with van der Waals surface area (Å²) in [5, 5.41) is 12.2. The lowest BCUT2D eigenvalue weighted by molar-refractivity contribution is -0.114. The van der Waals surface area contributed by atoms with Crippen molar-refractivity contribution in [1.82, 2.24) is 0 Å². The average molecular weight is 329 g/mol. The predicted molar refractivity (Wildman–Crippen MR) is 89.5 cm³/mol. The lowest BCUT2D eigenvalue weighted by atomic mass is 10.1. The molecule has 0 unspecified atom stereocenters. The number of hydrogen-bond acceptors (Lipinski definition) is 5. The third-order valence-electron chi connectivity index (χ3n) is 3.11. The van der Waals surface area contributed by atoms with Gasteiger partial charge in [-0.3, -0.25) is 9.59 Å². The Bertz CT molecular complexity index is 697. The molecule has 6 heteroatoms. The Balaban J connectivity index is 1.69. The number of hydrogen-bond donors (Lipinski definition) is 2. The maximum Gasteiger partial charge on any atom is 0.221 e. The van der Waals surface area contributed by atoms with E-state index in [1.165, 1.54) is 13.0 Å². The maximum atomic E-state index is 11.9. The fourth-order valence-electron chi connectivity index (χ4n) is 2.01. The normalized spacial score (nSPS) is 10.2. The molecule has 0 radical (unpaired) electrons. The van der Waals surface area contributed by atoms with Gasteiger partial charge in [-0.15, -0.1) is 0 Å². The van der Waals surface area contributed by atoms with Crippen LogP contribution in [0.15, 0.2) is 48.5 Å². The van der Waals surface area contributed by atoms with E-state index in [1.54, 1.807) is 42.5 Å². The SMILES string of the molecule is CC(=O)Nc1ccc(OCCOCC(=O)c2ccccc2O)cc1. The Hall–Kier alpha value is -2.86. The first-order valence-electron chi connectivity index (χ1n) is 7.45. The fraction of sp³-hybridized carbons (Fsp3) is 0.222. The highest BCUT2D eigenvalue weighted by Gasteiger charge is 2.10. The lowest BCUT2D eigenvalue weighted by Gasteiger charge is -2.08. The fourth-order valence-corrected chi connectivity index (χ4v) is 2.01. The summed E-state index contributed by atoms with van der Waals surface area (Å²) in [6, 6.07) is 13.3. The van der Waals surface area contributed by atoms with Crippen LogP contribution in [-0.4, -0.2) is 36.6 Å². The largest absolute Gasteiger partial charge is 0.507 e. The molecule has 2 rings (SSSR count). The van der Waals surface area contributed by atoms with Crippen LogP contribution in [0.2, 0.25) is 0 Å². The number of aromatic hydroxyl groups is 1. The number of benzene rings is 2. The zero-order chi connectivity index (χ0) is 17.4. The number of para-hydroxylation sites is 1. The second-order valence-corrected chi connectivity index (χ2v) is 5.05. The van der Waals surface area contributed by atoms with E-state index in [2.05, 4.69) is 5.32 Å². The molecule has 24 heavy (non-hydrogen) atoms. The molecule has 0 aliphatic rings. The van der Waals surface area contributed by atoms with Crippen LogP contribution >= 0.6 is 0 Å². The van der Waals surface area contributed by atoms with E-state index >= 15 is 0 Å². The topological polar surface area (TPSA) is 84.9 Å². The van der Waals surface area contributed by atoms with Crippen LogP contribution in [0.1, 0.15) is 17.3 Å². The number of carbonyl (C=O) groups excluding carboxylic acids is 2. The van der Waals surface area contributed by atoms with Crippen molar-refractivity contribution in [2.45, 2.75) is 6.92 Å². The van der Waals surface area contributed by atoms with Crippen LogP contribution in [0.5, 0.6) is 11.5 Å².